The van der Waals surface area contributed by atoms with Crippen LogP contribution in [0.15, 0.2) is 18.2 Å². The highest BCUT2D eigenvalue weighted by atomic mass is 35.5. The summed E-state index contributed by atoms with van der Waals surface area (Å²) >= 11 is 5.97. The molecule has 0 radical (unpaired) electrons. The van der Waals surface area contributed by atoms with Crippen LogP contribution in [0.25, 0.3) is 0 Å². The van der Waals surface area contributed by atoms with Gasteiger partial charge in [-0.05, 0) is 37.1 Å². The Hall–Kier alpha value is -1.13. The number of carbonyl (C=O) groups excluding carboxylic acids is 1. The number of carbonyl (C=O) groups is 1. The fraction of sp³-hybridized carbons (Fsp3) is 0.500. The highest BCUT2D eigenvalue weighted by molar-refractivity contribution is 6.31. The Morgan fingerprint density at radius 3 is 3.00 bits per heavy atom. The molecule has 1 amide bonds. The SMILES string of the molecule is CN(Cc1ccc(F)cc1Cl)C(=O)[C@H]1CCCNC1. The minimum absolute atomic E-state index is 0.0398. The molecule has 5 heteroatoms. The summed E-state index contributed by atoms with van der Waals surface area (Å²) in [5, 5.41) is 3.59. The van der Waals surface area contributed by atoms with Crippen LogP contribution in [-0.4, -0.2) is 30.9 Å². The van der Waals surface area contributed by atoms with E-state index in [-0.39, 0.29) is 17.6 Å². The van der Waals surface area contributed by atoms with Gasteiger partial charge in [-0.1, -0.05) is 17.7 Å². The first-order chi connectivity index (χ1) is 9.08. The molecule has 1 saturated heterocycles. The Bertz CT molecular complexity index is 461. The van der Waals surface area contributed by atoms with Crippen molar-refractivity contribution >= 4 is 17.5 Å². The molecule has 0 aromatic heterocycles. The van der Waals surface area contributed by atoms with Crippen molar-refractivity contribution < 1.29 is 9.18 Å². The zero-order chi connectivity index (χ0) is 13.8. The van der Waals surface area contributed by atoms with E-state index in [0.29, 0.717) is 11.6 Å². The average molecular weight is 285 g/mol. The third kappa shape index (κ3) is 3.67. The summed E-state index contributed by atoms with van der Waals surface area (Å²) in [5.41, 5.74) is 0.766. The van der Waals surface area contributed by atoms with Crippen LogP contribution < -0.4 is 5.32 Å². The Morgan fingerprint density at radius 1 is 1.58 bits per heavy atom. The Kier molecular flexibility index (Phi) is 4.77. The molecule has 19 heavy (non-hydrogen) atoms. The van der Waals surface area contributed by atoms with Crippen LogP contribution in [0, 0.1) is 11.7 Å². The minimum atomic E-state index is -0.362. The zero-order valence-electron chi connectivity index (χ0n) is 11.0. The molecule has 3 nitrogen and oxygen atoms in total. The summed E-state index contributed by atoms with van der Waals surface area (Å²) in [5.74, 6) is -0.204. The first-order valence-electron chi connectivity index (χ1n) is 6.47. The molecule has 2 rings (SSSR count). The van der Waals surface area contributed by atoms with Crippen LogP contribution in [0.3, 0.4) is 0 Å². The van der Waals surface area contributed by atoms with Crippen LogP contribution in [0.5, 0.6) is 0 Å². The predicted octanol–water partition coefficient (Wildman–Crippen LogP) is 2.44. The molecular formula is C14H18ClFN2O. The van der Waals surface area contributed by atoms with E-state index < -0.39 is 0 Å². The molecule has 1 atom stereocenters. The van der Waals surface area contributed by atoms with Gasteiger partial charge in [0.25, 0.3) is 0 Å². The van der Waals surface area contributed by atoms with Crippen LogP contribution >= 0.6 is 11.6 Å². The largest absolute Gasteiger partial charge is 0.341 e. The van der Waals surface area contributed by atoms with Gasteiger partial charge in [-0.3, -0.25) is 4.79 Å². The maximum atomic E-state index is 13.0. The molecule has 1 aliphatic rings. The van der Waals surface area contributed by atoms with Gasteiger partial charge in [0.05, 0.1) is 5.92 Å². The fourth-order valence-corrected chi connectivity index (χ4v) is 2.58. The number of piperidine rings is 1. The number of amides is 1. The van der Waals surface area contributed by atoms with Gasteiger partial charge in [0, 0.05) is 25.2 Å². The standard InChI is InChI=1S/C14H18ClFN2O/c1-18(14(19)10-3-2-6-17-8-10)9-11-4-5-12(16)7-13(11)15/h4-5,7,10,17H,2-3,6,8-9H2,1H3/t10-/m0/s1. The van der Waals surface area contributed by atoms with Crippen LogP contribution in [-0.2, 0) is 11.3 Å². The smallest absolute Gasteiger partial charge is 0.227 e. The van der Waals surface area contributed by atoms with Crippen LogP contribution in [0.4, 0.5) is 4.39 Å². The summed E-state index contributed by atoms with van der Waals surface area (Å²) in [6, 6.07) is 4.26. The second-order valence-corrected chi connectivity index (χ2v) is 5.38. The van der Waals surface area contributed by atoms with Crippen molar-refractivity contribution in [1.82, 2.24) is 10.2 Å². The maximum absolute atomic E-state index is 13.0. The van der Waals surface area contributed by atoms with E-state index in [1.165, 1.54) is 12.1 Å². The van der Waals surface area contributed by atoms with Crippen LogP contribution in [0.1, 0.15) is 18.4 Å². The van der Waals surface area contributed by atoms with Gasteiger partial charge in [-0.15, -0.1) is 0 Å². The Labute approximate surface area is 117 Å². The number of rotatable bonds is 3. The summed E-state index contributed by atoms with van der Waals surface area (Å²) in [4.78, 5) is 13.9. The van der Waals surface area contributed by atoms with Crippen molar-refractivity contribution in [1.29, 1.82) is 0 Å². The number of nitrogens with zero attached hydrogens (tertiary/aromatic N) is 1. The van der Waals surface area contributed by atoms with Gasteiger partial charge in [0.1, 0.15) is 5.82 Å². The van der Waals surface area contributed by atoms with Gasteiger partial charge >= 0.3 is 0 Å². The highest BCUT2D eigenvalue weighted by Crippen LogP contribution is 2.20. The van der Waals surface area contributed by atoms with Gasteiger partial charge in [0.2, 0.25) is 5.91 Å². The second kappa shape index (κ2) is 6.35. The van der Waals surface area contributed by atoms with E-state index in [9.17, 15) is 9.18 Å². The van der Waals surface area contributed by atoms with E-state index >= 15 is 0 Å². The molecule has 1 aliphatic heterocycles. The lowest BCUT2D eigenvalue weighted by Gasteiger charge is -2.27. The quantitative estimate of drug-likeness (QED) is 0.925. The van der Waals surface area contributed by atoms with Crippen molar-refractivity contribution in [2.45, 2.75) is 19.4 Å². The van der Waals surface area contributed by atoms with Crippen molar-refractivity contribution in [3.63, 3.8) is 0 Å². The van der Waals surface area contributed by atoms with E-state index in [1.807, 2.05) is 0 Å². The lowest BCUT2D eigenvalue weighted by Crippen LogP contribution is -2.41. The number of nitrogens with one attached hydrogen (secondary N) is 1. The van der Waals surface area contributed by atoms with Crippen molar-refractivity contribution in [2.24, 2.45) is 5.92 Å². The van der Waals surface area contributed by atoms with Crippen molar-refractivity contribution in [2.75, 3.05) is 20.1 Å². The molecule has 1 N–H and O–H groups in total. The minimum Gasteiger partial charge on any atom is -0.341 e. The number of halogens is 2. The number of hydrogen-bond donors (Lipinski definition) is 1. The van der Waals surface area contributed by atoms with Gasteiger partial charge in [0.15, 0.2) is 0 Å². The van der Waals surface area contributed by atoms with E-state index in [0.717, 1.165) is 31.5 Å². The van der Waals surface area contributed by atoms with Crippen molar-refractivity contribution in [3.8, 4) is 0 Å². The number of hydrogen-bond acceptors (Lipinski definition) is 2. The topological polar surface area (TPSA) is 32.3 Å². The van der Waals surface area contributed by atoms with Gasteiger partial charge in [-0.25, -0.2) is 4.39 Å². The van der Waals surface area contributed by atoms with Gasteiger partial charge in [-0.2, -0.15) is 0 Å². The van der Waals surface area contributed by atoms with Crippen molar-refractivity contribution in [3.05, 3.63) is 34.6 Å². The van der Waals surface area contributed by atoms with E-state index in [4.69, 9.17) is 11.6 Å². The first kappa shape index (κ1) is 14.3. The second-order valence-electron chi connectivity index (χ2n) is 4.97. The third-order valence-electron chi connectivity index (χ3n) is 3.44. The molecule has 104 valence electrons. The normalized spacial score (nSPS) is 19.2. The predicted molar refractivity (Wildman–Crippen MR) is 73.5 cm³/mol. The first-order valence-corrected chi connectivity index (χ1v) is 6.85. The molecule has 0 aliphatic carbocycles. The summed E-state index contributed by atoms with van der Waals surface area (Å²) in [7, 11) is 1.76. The maximum Gasteiger partial charge on any atom is 0.227 e. The Morgan fingerprint density at radius 2 is 2.37 bits per heavy atom. The summed E-state index contributed by atoms with van der Waals surface area (Å²) in [6.07, 6.45) is 1.95. The molecule has 1 aromatic rings. The van der Waals surface area contributed by atoms with E-state index in [1.54, 1.807) is 18.0 Å². The molecule has 0 saturated carbocycles. The average Bonchev–Trinajstić information content (AvgIpc) is 2.42. The molecular weight excluding hydrogens is 267 g/mol. The summed E-state index contributed by atoms with van der Waals surface area (Å²) in [6.45, 7) is 2.13. The highest BCUT2D eigenvalue weighted by Gasteiger charge is 2.24. The van der Waals surface area contributed by atoms with E-state index in [2.05, 4.69) is 5.32 Å². The monoisotopic (exact) mass is 284 g/mol. The third-order valence-corrected chi connectivity index (χ3v) is 3.80. The zero-order valence-corrected chi connectivity index (χ0v) is 11.7. The molecule has 0 spiro atoms. The Balaban J connectivity index is 1.99. The molecule has 0 unspecified atom stereocenters. The lowest BCUT2D eigenvalue weighted by molar-refractivity contribution is -0.135. The van der Waals surface area contributed by atoms with Gasteiger partial charge < -0.3 is 10.2 Å². The molecule has 0 bridgehead atoms. The molecule has 1 aromatic carbocycles. The number of benzene rings is 1. The lowest BCUT2D eigenvalue weighted by atomic mass is 9.98. The fourth-order valence-electron chi connectivity index (χ4n) is 2.36. The van der Waals surface area contributed by atoms with Crippen LogP contribution in [0.2, 0.25) is 5.02 Å². The molecule has 1 heterocycles. The molecule has 1 fully saturated rings. The summed E-state index contributed by atoms with van der Waals surface area (Å²) < 4.78 is 13.0.